The molecule has 2 aromatic rings. The second kappa shape index (κ2) is 13.2. The van der Waals surface area contributed by atoms with Crippen LogP contribution in [0.1, 0.15) is 25.3 Å². The topological polar surface area (TPSA) is 84.0 Å². The number of guanidine groups is 1. The molecule has 1 amide bonds. The highest BCUT2D eigenvalue weighted by Gasteiger charge is 2.23. The lowest BCUT2D eigenvalue weighted by Crippen LogP contribution is -2.41. The normalized spacial score (nSPS) is 16.6. The summed E-state index contributed by atoms with van der Waals surface area (Å²) in [5.41, 5.74) is 1.74. The Hall–Kier alpha value is -2.40. The summed E-state index contributed by atoms with van der Waals surface area (Å²) in [6.45, 7) is 3.62. The average Bonchev–Trinajstić information content (AvgIpc) is 3.31. The molecule has 32 heavy (non-hydrogen) atoms. The van der Waals surface area contributed by atoms with Gasteiger partial charge in [0.1, 0.15) is 23.8 Å². The number of halogens is 2. The summed E-state index contributed by atoms with van der Waals surface area (Å²) in [4.78, 5) is 16.4. The molecule has 1 saturated heterocycles. The molecule has 0 radical (unpaired) electrons. The molecule has 2 unspecified atom stereocenters. The van der Waals surface area contributed by atoms with Gasteiger partial charge in [0.05, 0.1) is 6.54 Å². The Kier molecular flexibility index (Phi) is 10.7. The lowest BCUT2D eigenvalue weighted by atomic mass is 10.2. The number of ether oxygens (including phenoxy) is 2. The zero-order valence-corrected chi connectivity index (χ0v) is 20.6. The van der Waals surface area contributed by atoms with Crippen molar-refractivity contribution in [3.8, 4) is 5.75 Å². The van der Waals surface area contributed by atoms with Gasteiger partial charge < -0.3 is 25.4 Å². The fourth-order valence-electron chi connectivity index (χ4n) is 3.20. The Morgan fingerprint density at radius 2 is 2.03 bits per heavy atom. The van der Waals surface area contributed by atoms with Gasteiger partial charge in [-0.25, -0.2) is 4.39 Å². The van der Waals surface area contributed by atoms with Gasteiger partial charge in [0, 0.05) is 25.9 Å². The van der Waals surface area contributed by atoms with Crippen LogP contribution >= 0.6 is 24.0 Å². The standard InChI is InChI=1S/C23H29FN4O3.HI/c1-16(31-20-10-8-18(24)9-11-20)14-26-23(25-2)27-15-17-5-3-6-19(13-17)28-22(29)21-7-4-12-30-21;/h3,5-6,8-11,13,16,21H,4,7,12,14-15H2,1-2H3,(H,28,29)(H2,25,26,27);1H. The van der Waals surface area contributed by atoms with Crippen LogP contribution in [-0.2, 0) is 16.1 Å². The molecule has 0 bridgehead atoms. The molecule has 0 aromatic heterocycles. The minimum Gasteiger partial charge on any atom is -0.489 e. The van der Waals surface area contributed by atoms with Crippen LogP contribution in [0.15, 0.2) is 53.5 Å². The third-order valence-corrected chi connectivity index (χ3v) is 4.81. The molecule has 1 aliphatic heterocycles. The van der Waals surface area contributed by atoms with Crippen LogP contribution in [0.4, 0.5) is 10.1 Å². The molecular weight excluding hydrogens is 526 g/mol. The highest BCUT2D eigenvalue weighted by molar-refractivity contribution is 14.0. The van der Waals surface area contributed by atoms with Crippen molar-refractivity contribution in [1.29, 1.82) is 0 Å². The van der Waals surface area contributed by atoms with Gasteiger partial charge in [0.25, 0.3) is 5.91 Å². The van der Waals surface area contributed by atoms with E-state index in [9.17, 15) is 9.18 Å². The molecule has 3 N–H and O–H groups in total. The van der Waals surface area contributed by atoms with Gasteiger partial charge in [-0.3, -0.25) is 9.79 Å². The first kappa shape index (κ1) is 25.9. The van der Waals surface area contributed by atoms with Gasteiger partial charge in [-0.2, -0.15) is 0 Å². The molecule has 3 rings (SSSR count). The van der Waals surface area contributed by atoms with E-state index in [4.69, 9.17) is 9.47 Å². The van der Waals surface area contributed by atoms with E-state index in [0.29, 0.717) is 31.4 Å². The molecule has 1 fully saturated rings. The van der Waals surface area contributed by atoms with E-state index in [1.165, 1.54) is 12.1 Å². The summed E-state index contributed by atoms with van der Waals surface area (Å²) in [5.74, 6) is 0.845. The Balaban J connectivity index is 0.00000363. The van der Waals surface area contributed by atoms with E-state index < -0.39 is 0 Å². The van der Waals surface area contributed by atoms with Crippen molar-refractivity contribution in [3.63, 3.8) is 0 Å². The van der Waals surface area contributed by atoms with Crippen molar-refractivity contribution in [2.75, 3.05) is 25.5 Å². The molecule has 0 saturated carbocycles. The van der Waals surface area contributed by atoms with Crippen LogP contribution in [-0.4, -0.2) is 44.3 Å². The number of hydrogen-bond donors (Lipinski definition) is 3. The molecule has 2 atom stereocenters. The molecule has 174 valence electrons. The third-order valence-electron chi connectivity index (χ3n) is 4.81. The van der Waals surface area contributed by atoms with Crippen LogP contribution in [0.5, 0.6) is 5.75 Å². The first-order chi connectivity index (χ1) is 15.0. The summed E-state index contributed by atoms with van der Waals surface area (Å²) in [5, 5.41) is 9.37. The Bertz CT molecular complexity index is 889. The number of aliphatic imine (C=N–C) groups is 1. The van der Waals surface area contributed by atoms with E-state index in [1.807, 2.05) is 31.2 Å². The molecule has 1 heterocycles. The van der Waals surface area contributed by atoms with Gasteiger partial charge in [-0.05, 0) is 61.7 Å². The molecule has 9 heteroatoms. The van der Waals surface area contributed by atoms with Crippen LogP contribution in [0.2, 0.25) is 0 Å². The van der Waals surface area contributed by atoms with E-state index in [2.05, 4.69) is 20.9 Å². The molecular formula is C23H30FIN4O3. The molecule has 1 aliphatic rings. The fraction of sp³-hybridized carbons (Fsp3) is 0.391. The van der Waals surface area contributed by atoms with Crippen molar-refractivity contribution < 1.29 is 18.7 Å². The van der Waals surface area contributed by atoms with Gasteiger partial charge in [0.15, 0.2) is 5.96 Å². The fourth-order valence-corrected chi connectivity index (χ4v) is 3.20. The first-order valence-electron chi connectivity index (χ1n) is 10.4. The molecule has 7 nitrogen and oxygen atoms in total. The summed E-state index contributed by atoms with van der Waals surface area (Å²) < 4.78 is 24.2. The Morgan fingerprint density at radius 1 is 1.25 bits per heavy atom. The maximum Gasteiger partial charge on any atom is 0.253 e. The minimum absolute atomic E-state index is 0. The van der Waals surface area contributed by atoms with Crippen molar-refractivity contribution >= 4 is 41.5 Å². The second-order valence-corrected chi connectivity index (χ2v) is 7.38. The molecule has 2 aromatic carbocycles. The largest absolute Gasteiger partial charge is 0.489 e. The Morgan fingerprint density at radius 3 is 2.72 bits per heavy atom. The number of benzene rings is 2. The van der Waals surface area contributed by atoms with Crippen LogP contribution < -0.4 is 20.7 Å². The predicted molar refractivity (Wildman–Crippen MR) is 134 cm³/mol. The van der Waals surface area contributed by atoms with Crippen molar-refractivity contribution in [3.05, 3.63) is 59.9 Å². The number of carbonyl (C=O) groups excluding carboxylic acids is 1. The monoisotopic (exact) mass is 556 g/mol. The Labute approximate surface area is 205 Å². The van der Waals surface area contributed by atoms with E-state index in [0.717, 1.165) is 24.1 Å². The predicted octanol–water partition coefficient (Wildman–Crippen LogP) is 3.69. The maximum atomic E-state index is 13.0. The number of nitrogens with one attached hydrogen (secondary N) is 3. The average molecular weight is 556 g/mol. The number of hydrogen-bond acceptors (Lipinski definition) is 4. The third kappa shape index (κ3) is 8.27. The number of carbonyl (C=O) groups is 1. The lowest BCUT2D eigenvalue weighted by molar-refractivity contribution is -0.124. The van der Waals surface area contributed by atoms with Gasteiger partial charge in [0.2, 0.25) is 0 Å². The van der Waals surface area contributed by atoms with Gasteiger partial charge in [-0.15, -0.1) is 24.0 Å². The molecule has 0 spiro atoms. The SMILES string of the molecule is CN=C(NCc1cccc(NC(=O)C2CCCO2)c1)NCC(C)Oc1ccc(F)cc1.I. The number of rotatable bonds is 8. The summed E-state index contributed by atoms with van der Waals surface area (Å²) >= 11 is 0. The van der Waals surface area contributed by atoms with Crippen LogP contribution in [0, 0.1) is 5.82 Å². The highest BCUT2D eigenvalue weighted by Crippen LogP contribution is 2.16. The zero-order chi connectivity index (χ0) is 22.1. The number of nitrogens with zero attached hydrogens (tertiary/aromatic N) is 1. The van der Waals surface area contributed by atoms with E-state index in [-0.39, 0.29) is 47.9 Å². The van der Waals surface area contributed by atoms with Crippen LogP contribution in [0.3, 0.4) is 0 Å². The minimum atomic E-state index is -0.357. The van der Waals surface area contributed by atoms with Crippen molar-refractivity contribution in [2.45, 2.75) is 38.5 Å². The smallest absolute Gasteiger partial charge is 0.253 e. The van der Waals surface area contributed by atoms with Gasteiger partial charge in [-0.1, -0.05) is 12.1 Å². The lowest BCUT2D eigenvalue weighted by Gasteiger charge is -2.18. The first-order valence-corrected chi connectivity index (χ1v) is 10.4. The quantitative estimate of drug-likeness (QED) is 0.263. The van der Waals surface area contributed by atoms with E-state index in [1.54, 1.807) is 19.2 Å². The van der Waals surface area contributed by atoms with Crippen molar-refractivity contribution in [2.24, 2.45) is 4.99 Å². The summed E-state index contributed by atoms with van der Waals surface area (Å²) in [6.07, 6.45) is 1.18. The maximum absolute atomic E-state index is 13.0. The molecule has 0 aliphatic carbocycles. The summed E-state index contributed by atoms with van der Waals surface area (Å²) in [7, 11) is 1.69. The zero-order valence-electron chi connectivity index (χ0n) is 18.3. The second-order valence-electron chi connectivity index (χ2n) is 7.38. The van der Waals surface area contributed by atoms with Crippen molar-refractivity contribution in [1.82, 2.24) is 10.6 Å². The number of amides is 1. The highest BCUT2D eigenvalue weighted by atomic mass is 127. The van der Waals surface area contributed by atoms with Gasteiger partial charge >= 0.3 is 0 Å². The number of anilines is 1. The van der Waals surface area contributed by atoms with E-state index >= 15 is 0 Å². The summed E-state index contributed by atoms with van der Waals surface area (Å²) in [6, 6.07) is 13.6. The van der Waals surface area contributed by atoms with Crippen LogP contribution in [0.25, 0.3) is 0 Å².